The van der Waals surface area contributed by atoms with E-state index in [2.05, 4.69) is 15.3 Å². The van der Waals surface area contributed by atoms with Gasteiger partial charge in [-0.25, -0.2) is 18.7 Å². The van der Waals surface area contributed by atoms with E-state index in [0.29, 0.717) is 35.2 Å². The number of nitrogens with two attached hydrogens (primary N) is 1. The molecule has 1 aromatic heterocycles. The normalized spacial score (nSPS) is 18.8. The molecule has 1 heterocycles. The third-order valence-electron chi connectivity index (χ3n) is 6.38. The van der Waals surface area contributed by atoms with Crippen molar-refractivity contribution in [2.75, 3.05) is 12.3 Å². The number of benzene rings is 2. The Labute approximate surface area is 202 Å². The Morgan fingerprint density at radius 1 is 1.17 bits per heavy atom. The van der Waals surface area contributed by atoms with Crippen LogP contribution in [0.3, 0.4) is 0 Å². The number of aryl methyl sites for hydroxylation is 1. The Kier molecular flexibility index (Phi) is 7.37. The molecule has 184 valence electrons. The maximum Gasteiger partial charge on any atom is 0.254 e. The van der Waals surface area contributed by atoms with Gasteiger partial charge in [-0.1, -0.05) is 12.1 Å². The fourth-order valence-electron chi connectivity index (χ4n) is 4.48. The molecule has 0 aliphatic heterocycles. The molecule has 1 amide bonds. The summed E-state index contributed by atoms with van der Waals surface area (Å²) in [4.78, 5) is 21.6. The Morgan fingerprint density at radius 2 is 1.91 bits per heavy atom. The van der Waals surface area contributed by atoms with Crippen LogP contribution in [-0.4, -0.2) is 38.8 Å². The van der Waals surface area contributed by atoms with Crippen LogP contribution >= 0.6 is 0 Å². The van der Waals surface area contributed by atoms with Gasteiger partial charge in [0, 0.05) is 11.5 Å². The number of aliphatic hydroxyl groups is 2. The van der Waals surface area contributed by atoms with E-state index in [4.69, 9.17) is 5.73 Å². The molecule has 35 heavy (non-hydrogen) atoms. The summed E-state index contributed by atoms with van der Waals surface area (Å²) in [6.07, 6.45) is 4.26. The molecule has 1 aliphatic rings. The Morgan fingerprint density at radius 3 is 2.57 bits per heavy atom. The Bertz CT molecular complexity index is 1210. The lowest BCUT2D eigenvalue weighted by Crippen LogP contribution is -2.31. The van der Waals surface area contributed by atoms with E-state index >= 15 is 4.39 Å². The van der Waals surface area contributed by atoms with E-state index in [-0.39, 0.29) is 23.4 Å². The predicted molar refractivity (Wildman–Crippen MR) is 127 cm³/mol. The number of nitrogens with zero attached hydrogens (tertiary/aromatic N) is 2. The van der Waals surface area contributed by atoms with Gasteiger partial charge in [0.15, 0.2) is 0 Å². The molecule has 7 nitrogen and oxygen atoms in total. The minimum absolute atomic E-state index is 0.141. The molecule has 1 aliphatic carbocycles. The molecule has 0 unspecified atom stereocenters. The fourth-order valence-corrected chi connectivity index (χ4v) is 4.48. The number of halogens is 2. The van der Waals surface area contributed by atoms with Crippen molar-refractivity contribution in [2.45, 2.75) is 50.7 Å². The molecule has 9 heteroatoms. The molecule has 4 rings (SSSR count). The van der Waals surface area contributed by atoms with Gasteiger partial charge in [-0.2, -0.15) is 0 Å². The van der Waals surface area contributed by atoms with Gasteiger partial charge in [0.05, 0.1) is 36.2 Å². The third kappa shape index (κ3) is 5.63. The summed E-state index contributed by atoms with van der Waals surface area (Å²) >= 11 is 0. The predicted octanol–water partition coefficient (Wildman–Crippen LogP) is 3.79. The maximum atomic E-state index is 15.0. The van der Waals surface area contributed by atoms with Crippen LogP contribution in [-0.2, 0) is 0 Å². The highest BCUT2D eigenvalue weighted by Crippen LogP contribution is 2.34. The molecule has 1 atom stereocenters. The summed E-state index contributed by atoms with van der Waals surface area (Å²) in [6.45, 7) is 1.22. The number of hydrogen-bond donors (Lipinski definition) is 4. The van der Waals surface area contributed by atoms with Crippen molar-refractivity contribution in [3.05, 3.63) is 76.6 Å². The summed E-state index contributed by atoms with van der Waals surface area (Å²) in [7, 11) is 0. The zero-order chi connectivity index (χ0) is 25.1. The number of carbonyl (C=O) groups excluding carboxylic acids is 1. The van der Waals surface area contributed by atoms with Crippen molar-refractivity contribution in [3.63, 3.8) is 0 Å². The second-order valence-corrected chi connectivity index (χ2v) is 9.00. The summed E-state index contributed by atoms with van der Waals surface area (Å²) in [5.74, 6) is -1.75. The van der Waals surface area contributed by atoms with Gasteiger partial charge in [0.2, 0.25) is 0 Å². The average Bonchev–Trinajstić information content (AvgIpc) is 2.82. The zero-order valence-corrected chi connectivity index (χ0v) is 19.3. The van der Waals surface area contributed by atoms with Crippen molar-refractivity contribution < 1.29 is 23.8 Å². The molecule has 1 saturated carbocycles. The number of nitrogen functional groups attached to an aromatic ring is 1. The highest BCUT2D eigenvalue weighted by molar-refractivity contribution is 5.95. The van der Waals surface area contributed by atoms with Crippen molar-refractivity contribution in [3.8, 4) is 11.3 Å². The van der Waals surface area contributed by atoms with Crippen LogP contribution in [0, 0.1) is 18.6 Å². The van der Waals surface area contributed by atoms with Crippen LogP contribution in [0.15, 0.2) is 42.6 Å². The van der Waals surface area contributed by atoms with Crippen molar-refractivity contribution in [1.29, 1.82) is 0 Å². The highest BCUT2D eigenvalue weighted by Gasteiger charge is 2.24. The van der Waals surface area contributed by atoms with Crippen molar-refractivity contribution in [1.82, 2.24) is 15.3 Å². The van der Waals surface area contributed by atoms with Gasteiger partial charge in [0.1, 0.15) is 23.1 Å². The molecule has 3 aromatic rings. The molecule has 0 saturated heterocycles. The number of amides is 1. The zero-order valence-electron chi connectivity index (χ0n) is 19.3. The van der Waals surface area contributed by atoms with E-state index in [9.17, 15) is 19.4 Å². The standard InChI is InChI=1S/C26H28F2N4O3/c1-14-8-17(10-18(27)9-14)23(13-33)32-26(35)20-7-4-16(11-21(20)28)24-25(29)30-12-22(31-24)15-2-5-19(34)6-3-15/h4,7-12,15,19,23,33-34H,2-3,5-6,13H2,1H3,(H2,29,30)(H,32,35)/t15-,19-,23-/m1/s1. The molecule has 1 fully saturated rings. The molecule has 0 bridgehead atoms. The third-order valence-corrected chi connectivity index (χ3v) is 6.38. The van der Waals surface area contributed by atoms with Crippen molar-refractivity contribution in [2.24, 2.45) is 0 Å². The van der Waals surface area contributed by atoms with E-state index in [1.165, 1.54) is 30.3 Å². The number of anilines is 1. The lowest BCUT2D eigenvalue weighted by atomic mass is 9.85. The number of aromatic nitrogens is 2. The fraction of sp³-hybridized carbons (Fsp3) is 0.346. The Hall–Kier alpha value is -3.43. The molecule has 5 N–H and O–H groups in total. The van der Waals surface area contributed by atoms with Crippen molar-refractivity contribution >= 4 is 11.7 Å². The number of aliphatic hydroxyl groups excluding tert-OH is 2. The maximum absolute atomic E-state index is 15.0. The first-order valence-electron chi connectivity index (χ1n) is 11.5. The lowest BCUT2D eigenvalue weighted by Gasteiger charge is -2.25. The number of nitrogens with one attached hydrogen (secondary N) is 1. The Balaban J connectivity index is 1.55. The summed E-state index contributed by atoms with van der Waals surface area (Å²) in [6, 6.07) is 7.32. The summed E-state index contributed by atoms with van der Waals surface area (Å²) in [5, 5.41) is 22.0. The van der Waals surface area contributed by atoms with Crippen LogP contribution in [0.1, 0.15) is 64.8 Å². The number of hydrogen-bond acceptors (Lipinski definition) is 6. The second kappa shape index (κ2) is 10.5. The SMILES string of the molecule is Cc1cc(F)cc([C@@H](CO)NC(=O)c2ccc(-c3nc([C@H]4CC[C@H](O)CC4)cnc3N)cc2F)c1. The van der Waals surface area contributed by atoms with E-state index in [1.807, 2.05) is 0 Å². The molecule has 0 spiro atoms. The van der Waals surface area contributed by atoms with Gasteiger partial charge in [0.25, 0.3) is 5.91 Å². The van der Waals surface area contributed by atoms with Crippen LogP contribution in [0.4, 0.5) is 14.6 Å². The number of rotatable bonds is 6. The molecule has 0 radical (unpaired) electrons. The topological polar surface area (TPSA) is 121 Å². The van der Waals surface area contributed by atoms with Gasteiger partial charge in [-0.15, -0.1) is 0 Å². The summed E-state index contributed by atoms with van der Waals surface area (Å²) in [5.41, 5.74) is 8.23. The average molecular weight is 483 g/mol. The quantitative estimate of drug-likeness (QED) is 0.424. The van der Waals surface area contributed by atoms with Gasteiger partial charge in [-0.05, 0) is 68.0 Å². The van der Waals surface area contributed by atoms with Crippen LogP contribution in [0.5, 0.6) is 0 Å². The first-order valence-corrected chi connectivity index (χ1v) is 11.5. The van der Waals surface area contributed by atoms with Crippen LogP contribution < -0.4 is 11.1 Å². The van der Waals surface area contributed by atoms with Gasteiger partial charge < -0.3 is 21.3 Å². The minimum Gasteiger partial charge on any atom is -0.394 e. The largest absolute Gasteiger partial charge is 0.394 e. The second-order valence-electron chi connectivity index (χ2n) is 9.00. The highest BCUT2D eigenvalue weighted by atomic mass is 19.1. The van der Waals surface area contributed by atoms with E-state index < -0.39 is 30.2 Å². The lowest BCUT2D eigenvalue weighted by molar-refractivity contribution is 0.0912. The van der Waals surface area contributed by atoms with E-state index in [0.717, 1.165) is 18.5 Å². The summed E-state index contributed by atoms with van der Waals surface area (Å²) < 4.78 is 28.8. The molecular weight excluding hydrogens is 454 g/mol. The minimum atomic E-state index is -0.900. The first-order chi connectivity index (χ1) is 16.7. The molecule has 2 aromatic carbocycles. The first kappa shape index (κ1) is 24.7. The smallest absolute Gasteiger partial charge is 0.254 e. The molecular formula is C26H28F2N4O3. The van der Waals surface area contributed by atoms with Gasteiger partial charge in [-0.3, -0.25) is 4.79 Å². The monoisotopic (exact) mass is 482 g/mol. The van der Waals surface area contributed by atoms with Crippen LogP contribution in [0.2, 0.25) is 0 Å². The van der Waals surface area contributed by atoms with E-state index in [1.54, 1.807) is 19.2 Å². The number of carbonyl (C=O) groups is 1. The van der Waals surface area contributed by atoms with Gasteiger partial charge >= 0.3 is 0 Å². The van der Waals surface area contributed by atoms with Crippen LogP contribution in [0.25, 0.3) is 11.3 Å².